The second-order valence-corrected chi connectivity index (χ2v) is 6.42. The SMILES string of the molecule is CC(C)CCc1[c]cccc1CN1CCCCC1C. The van der Waals surface area contributed by atoms with E-state index in [1.807, 2.05) is 0 Å². The largest absolute Gasteiger partial charge is 0.296 e. The highest BCUT2D eigenvalue weighted by Gasteiger charge is 2.19. The summed E-state index contributed by atoms with van der Waals surface area (Å²) in [4.78, 5) is 2.64. The Morgan fingerprint density at radius 1 is 1.37 bits per heavy atom. The van der Waals surface area contributed by atoms with Gasteiger partial charge in [0.2, 0.25) is 0 Å². The number of hydrogen-bond acceptors (Lipinski definition) is 1. The van der Waals surface area contributed by atoms with E-state index >= 15 is 0 Å². The van der Waals surface area contributed by atoms with Gasteiger partial charge in [-0.3, -0.25) is 4.90 Å². The highest BCUT2D eigenvalue weighted by molar-refractivity contribution is 5.26. The van der Waals surface area contributed by atoms with Crippen molar-refractivity contribution in [1.29, 1.82) is 0 Å². The lowest BCUT2D eigenvalue weighted by atomic mass is 9.96. The van der Waals surface area contributed by atoms with Gasteiger partial charge in [0, 0.05) is 12.6 Å². The maximum Gasteiger partial charge on any atom is 0.0239 e. The number of benzene rings is 1. The molecule has 1 unspecified atom stereocenters. The van der Waals surface area contributed by atoms with Crippen LogP contribution in [0.25, 0.3) is 0 Å². The van der Waals surface area contributed by atoms with Crippen molar-refractivity contribution in [3.05, 3.63) is 35.4 Å². The van der Waals surface area contributed by atoms with E-state index in [-0.39, 0.29) is 0 Å². The van der Waals surface area contributed by atoms with Crippen LogP contribution in [0.1, 0.15) is 57.6 Å². The Morgan fingerprint density at radius 2 is 2.21 bits per heavy atom. The third kappa shape index (κ3) is 4.35. The fourth-order valence-electron chi connectivity index (χ4n) is 2.93. The normalized spacial score (nSPS) is 20.9. The molecule has 1 aliphatic heterocycles. The van der Waals surface area contributed by atoms with Gasteiger partial charge in [0.25, 0.3) is 0 Å². The first-order chi connectivity index (χ1) is 9.16. The summed E-state index contributed by atoms with van der Waals surface area (Å²) in [6, 6.07) is 10.7. The Labute approximate surface area is 119 Å². The van der Waals surface area contributed by atoms with E-state index in [1.165, 1.54) is 49.8 Å². The van der Waals surface area contributed by atoms with Gasteiger partial charge < -0.3 is 0 Å². The summed E-state index contributed by atoms with van der Waals surface area (Å²) >= 11 is 0. The van der Waals surface area contributed by atoms with Crippen molar-refractivity contribution in [1.82, 2.24) is 4.90 Å². The van der Waals surface area contributed by atoms with E-state index in [0.29, 0.717) is 0 Å². The molecular formula is C18H28N. The van der Waals surface area contributed by atoms with Gasteiger partial charge in [-0.15, -0.1) is 0 Å². The molecule has 1 aromatic rings. The zero-order valence-electron chi connectivity index (χ0n) is 12.8. The molecular weight excluding hydrogens is 230 g/mol. The van der Waals surface area contributed by atoms with E-state index < -0.39 is 0 Å². The number of aryl methyl sites for hydroxylation is 1. The van der Waals surface area contributed by atoms with Crippen LogP contribution in [-0.4, -0.2) is 17.5 Å². The minimum Gasteiger partial charge on any atom is -0.296 e. The number of piperidine rings is 1. The predicted molar refractivity (Wildman–Crippen MR) is 82.2 cm³/mol. The molecule has 0 aliphatic carbocycles. The van der Waals surface area contributed by atoms with Gasteiger partial charge in [0.1, 0.15) is 0 Å². The Bertz CT molecular complexity index is 383. The van der Waals surface area contributed by atoms with Crippen LogP contribution in [0.5, 0.6) is 0 Å². The maximum absolute atomic E-state index is 3.47. The van der Waals surface area contributed by atoms with Crippen LogP contribution >= 0.6 is 0 Å². The number of likely N-dealkylation sites (tertiary alicyclic amines) is 1. The van der Waals surface area contributed by atoms with E-state index in [1.54, 1.807) is 0 Å². The first kappa shape index (κ1) is 14.6. The van der Waals surface area contributed by atoms with Crippen LogP contribution in [0.2, 0.25) is 0 Å². The molecule has 1 heterocycles. The topological polar surface area (TPSA) is 3.24 Å². The highest BCUT2D eigenvalue weighted by Crippen LogP contribution is 2.21. The van der Waals surface area contributed by atoms with Crippen molar-refractivity contribution in [2.75, 3.05) is 6.54 Å². The third-order valence-electron chi connectivity index (χ3n) is 4.32. The minimum atomic E-state index is 0.743. The molecule has 2 rings (SSSR count). The summed E-state index contributed by atoms with van der Waals surface area (Å²) in [6.07, 6.45) is 6.57. The fraction of sp³-hybridized carbons (Fsp3) is 0.667. The van der Waals surface area contributed by atoms with Gasteiger partial charge in [-0.25, -0.2) is 0 Å². The molecule has 1 nitrogen and oxygen atoms in total. The lowest BCUT2D eigenvalue weighted by molar-refractivity contribution is 0.152. The van der Waals surface area contributed by atoms with Crippen molar-refractivity contribution < 1.29 is 0 Å². The van der Waals surface area contributed by atoms with Gasteiger partial charge in [-0.1, -0.05) is 38.5 Å². The van der Waals surface area contributed by atoms with E-state index in [2.05, 4.69) is 49.9 Å². The summed E-state index contributed by atoms with van der Waals surface area (Å²) in [7, 11) is 0. The molecule has 0 bridgehead atoms. The van der Waals surface area contributed by atoms with Crippen LogP contribution in [0.3, 0.4) is 0 Å². The van der Waals surface area contributed by atoms with Crippen LogP contribution in [0.15, 0.2) is 18.2 Å². The van der Waals surface area contributed by atoms with Crippen molar-refractivity contribution >= 4 is 0 Å². The smallest absolute Gasteiger partial charge is 0.0239 e. The second-order valence-electron chi connectivity index (χ2n) is 6.42. The van der Waals surface area contributed by atoms with E-state index in [9.17, 15) is 0 Å². The first-order valence-electron chi connectivity index (χ1n) is 7.89. The summed E-state index contributed by atoms with van der Waals surface area (Å²) in [5.74, 6) is 0.773. The Kier molecular flexibility index (Phi) is 5.45. The van der Waals surface area contributed by atoms with Gasteiger partial charge in [0.15, 0.2) is 0 Å². The average molecular weight is 258 g/mol. The summed E-state index contributed by atoms with van der Waals surface area (Å²) in [5, 5.41) is 0. The Morgan fingerprint density at radius 3 is 2.95 bits per heavy atom. The monoisotopic (exact) mass is 258 g/mol. The predicted octanol–water partition coefficient (Wildman–Crippen LogP) is 4.45. The van der Waals surface area contributed by atoms with E-state index in [0.717, 1.165) is 18.5 Å². The Hall–Kier alpha value is -0.820. The van der Waals surface area contributed by atoms with Gasteiger partial charge in [-0.05, 0) is 62.3 Å². The lowest BCUT2D eigenvalue weighted by Gasteiger charge is -2.33. The Balaban J connectivity index is 2.02. The molecule has 1 aliphatic rings. The minimum absolute atomic E-state index is 0.743. The molecule has 1 aromatic carbocycles. The van der Waals surface area contributed by atoms with Crippen LogP contribution in [0, 0.1) is 12.0 Å². The molecule has 0 saturated carbocycles. The molecule has 0 spiro atoms. The zero-order valence-corrected chi connectivity index (χ0v) is 12.8. The zero-order chi connectivity index (χ0) is 13.7. The second kappa shape index (κ2) is 7.09. The van der Waals surface area contributed by atoms with Crippen molar-refractivity contribution in [3.8, 4) is 0 Å². The lowest BCUT2D eigenvalue weighted by Crippen LogP contribution is -2.37. The third-order valence-corrected chi connectivity index (χ3v) is 4.32. The fourth-order valence-corrected chi connectivity index (χ4v) is 2.93. The van der Waals surface area contributed by atoms with Crippen molar-refractivity contribution in [2.24, 2.45) is 5.92 Å². The molecule has 105 valence electrons. The molecule has 1 fully saturated rings. The molecule has 1 radical (unpaired) electrons. The molecule has 1 saturated heterocycles. The van der Waals surface area contributed by atoms with Crippen LogP contribution in [-0.2, 0) is 13.0 Å². The number of rotatable bonds is 5. The standard InChI is InChI=1S/C18H28N/c1-15(2)11-12-17-9-4-5-10-18(17)14-19-13-7-6-8-16(19)3/h4-5,10,15-16H,6-8,11-14H2,1-3H3. The molecule has 1 atom stereocenters. The summed E-state index contributed by atoms with van der Waals surface area (Å²) < 4.78 is 0. The van der Waals surface area contributed by atoms with E-state index in [4.69, 9.17) is 0 Å². The molecule has 1 heteroatoms. The first-order valence-corrected chi connectivity index (χ1v) is 7.89. The molecule has 0 N–H and O–H groups in total. The van der Waals surface area contributed by atoms with Crippen LogP contribution < -0.4 is 0 Å². The molecule has 0 aromatic heterocycles. The maximum atomic E-state index is 3.47. The van der Waals surface area contributed by atoms with Gasteiger partial charge >= 0.3 is 0 Å². The highest BCUT2D eigenvalue weighted by atomic mass is 15.2. The van der Waals surface area contributed by atoms with Gasteiger partial charge in [0.05, 0.1) is 0 Å². The van der Waals surface area contributed by atoms with Crippen LogP contribution in [0.4, 0.5) is 0 Å². The summed E-state index contributed by atoms with van der Waals surface area (Å²) in [6.45, 7) is 9.36. The summed E-state index contributed by atoms with van der Waals surface area (Å²) in [5.41, 5.74) is 2.94. The van der Waals surface area contributed by atoms with Gasteiger partial charge in [-0.2, -0.15) is 0 Å². The molecule has 19 heavy (non-hydrogen) atoms. The quantitative estimate of drug-likeness (QED) is 0.754. The number of nitrogens with zero attached hydrogens (tertiary/aromatic N) is 1. The van der Waals surface area contributed by atoms with Crippen molar-refractivity contribution in [3.63, 3.8) is 0 Å². The van der Waals surface area contributed by atoms with Crippen molar-refractivity contribution in [2.45, 2.75) is 65.5 Å². The average Bonchev–Trinajstić information content (AvgIpc) is 2.40. The molecule has 0 amide bonds. The number of hydrogen-bond donors (Lipinski definition) is 0.